The minimum absolute atomic E-state index is 0. The van der Waals surface area contributed by atoms with Gasteiger partial charge >= 0.3 is 0 Å². The molecule has 0 saturated heterocycles. The highest BCUT2D eigenvalue weighted by atomic mass is 127. The Morgan fingerprint density at radius 3 is 2.74 bits per heavy atom. The van der Waals surface area contributed by atoms with E-state index >= 15 is 0 Å². The van der Waals surface area contributed by atoms with Crippen molar-refractivity contribution in [3.63, 3.8) is 0 Å². The Labute approximate surface area is 186 Å². The van der Waals surface area contributed by atoms with E-state index in [1.54, 1.807) is 13.4 Å². The predicted molar refractivity (Wildman–Crippen MR) is 123 cm³/mol. The van der Waals surface area contributed by atoms with Crippen LogP contribution < -0.4 is 10.6 Å². The third-order valence-corrected chi connectivity index (χ3v) is 4.32. The van der Waals surface area contributed by atoms with E-state index in [2.05, 4.69) is 67.3 Å². The van der Waals surface area contributed by atoms with Crippen molar-refractivity contribution >= 4 is 45.9 Å². The van der Waals surface area contributed by atoms with Gasteiger partial charge in [-0.25, -0.2) is 4.99 Å². The maximum Gasteiger partial charge on any atom is 0.191 e. The first-order valence-electron chi connectivity index (χ1n) is 8.77. The Bertz CT molecular complexity index is 691. The van der Waals surface area contributed by atoms with E-state index < -0.39 is 0 Å². The maximum absolute atomic E-state index is 5.20. The van der Waals surface area contributed by atoms with Gasteiger partial charge in [0.2, 0.25) is 0 Å². The van der Waals surface area contributed by atoms with Crippen LogP contribution in [0.3, 0.4) is 0 Å². The van der Waals surface area contributed by atoms with Crippen LogP contribution in [0.4, 0.5) is 0 Å². The average Bonchev–Trinajstić information content (AvgIpc) is 3.08. The third-order valence-electron chi connectivity index (χ3n) is 3.79. The van der Waals surface area contributed by atoms with Crippen LogP contribution in [0.25, 0.3) is 0 Å². The van der Waals surface area contributed by atoms with Gasteiger partial charge in [0.1, 0.15) is 12.2 Å². The lowest BCUT2D eigenvalue weighted by atomic mass is 10.2. The zero-order valence-corrected chi connectivity index (χ0v) is 19.9. The number of nitrogens with zero attached hydrogens (tertiary/aromatic N) is 4. The van der Waals surface area contributed by atoms with Crippen molar-refractivity contribution in [2.24, 2.45) is 4.99 Å². The molecule has 0 aliphatic carbocycles. The second kappa shape index (κ2) is 13.1. The molecule has 1 unspecified atom stereocenters. The maximum atomic E-state index is 5.20. The number of aliphatic imine (C=N–C) groups is 1. The van der Waals surface area contributed by atoms with Gasteiger partial charge in [0.15, 0.2) is 5.96 Å². The lowest BCUT2D eigenvalue weighted by Gasteiger charge is -2.18. The molecule has 2 N–H and O–H groups in total. The van der Waals surface area contributed by atoms with Gasteiger partial charge < -0.3 is 19.9 Å². The van der Waals surface area contributed by atoms with Crippen molar-refractivity contribution in [3.8, 4) is 0 Å². The fourth-order valence-electron chi connectivity index (χ4n) is 2.47. The zero-order valence-electron chi connectivity index (χ0n) is 16.0. The number of hydrogen-bond acceptors (Lipinski definition) is 4. The Kier molecular flexibility index (Phi) is 11.5. The standard InChI is InChI=1S/C18H27BrN6O.HI/c1-4-17-24-22-13-25(17)10-9-20-18(23-14(2)12-26-3)21-11-15-5-7-16(19)8-6-15;/h5-8,13-14H,4,9-12H2,1-3H3,(H2,20,21,23);1H. The molecule has 0 spiro atoms. The highest BCUT2D eigenvalue weighted by Crippen LogP contribution is 2.11. The SMILES string of the molecule is CCc1nncn1CCNC(=NCc1ccc(Br)cc1)NC(C)COC.I. The lowest BCUT2D eigenvalue weighted by Crippen LogP contribution is -2.45. The summed E-state index contributed by atoms with van der Waals surface area (Å²) >= 11 is 3.45. The summed E-state index contributed by atoms with van der Waals surface area (Å²) in [6, 6.07) is 8.34. The average molecular weight is 551 g/mol. The molecule has 1 atom stereocenters. The van der Waals surface area contributed by atoms with E-state index in [1.165, 1.54) is 0 Å². The number of aromatic nitrogens is 3. The van der Waals surface area contributed by atoms with Crippen LogP contribution in [-0.4, -0.2) is 47.0 Å². The molecule has 7 nitrogen and oxygen atoms in total. The Hall–Kier alpha value is -1.20. The smallest absolute Gasteiger partial charge is 0.191 e. The number of guanidine groups is 1. The molecule has 0 aliphatic heterocycles. The lowest BCUT2D eigenvalue weighted by molar-refractivity contribution is 0.179. The molecule has 2 rings (SSSR count). The second-order valence-corrected chi connectivity index (χ2v) is 6.93. The van der Waals surface area contributed by atoms with Gasteiger partial charge in [0.25, 0.3) is 0 Å². The van der Waals surface area contributed by atoms with Gasteiger partial charge in [0, 0.05) is 37.1 Å². The molecule has 1 aromatic carbocycles. The number of halogens is 2. The molecule has 2 aromatic rings. The summed E-state index contributed by atoms with van der Waals surface area (Å²) in [6.07, 6.45) is 2.63. The fourth-order valence-corrected chi connectivity index (χ4v) is 2.74. The van der Waals surface area contributed by atoms with Gasteiger partial charge in [-0.1, -0.05) is 35.0 Å². The van der Waals surface area contributed by atoms with Gasteiger partial charge in [-0.2, -0.15) is 0 Å². The molecular formula is C18H28BrIN6O. The number of rotatable bonds is 9. The molecular weight excluding hydrogens is 523 g/mol. The van der Waals surface area contributed by atoms with Crippen molar-refractivity contribution < 1.29 is 4.74 Å². The molecule has 0 amide bonds. The number of methoxy groups -OCH3 is 1. The summed E-state index contributed by atoms with van der Waals surface area (Å²) in [6.45, 7) is 6.88. The first kappa shape index (κ1) is 23.8. The van der Waals surface area contributed by atoms with Crippen LogP contribution in [0.1, 0.15) is 25.2 Å². The zero-order chi connectivity index (χ0) is 18.8. The van der Waals surface area contributed by atoms with Gasteiger partial charge in [0.05, 0.1) is 13.2 Å². The summed E-state index contributed by atoms with van der Waals surface area (Å²) < 4.78 is 8.32. The van der Waals surface area contributed by atoms with Crippen LogP contribution in [0.5, 0.6) is 0 Å². The van der Waals surface area contributed by atoms with Crippen LogP contribution >= 0.6 is 39.9 Å². The molecule has 9 heteroatoms. The molecule has 27 heavy (non-hydrogen) atoms. The largest absolute Gasteiger partial charge is 0.383 e. The first-order valence-corrected chi connectivity index (χ1v) is 9.56. The van der Waals surface area contributed by atoms with Crippen LogP contribution in [0.2, 0.25) is 0 Å². The summed E-state index contributed by atoms with van der Waals surface area (Å²) in [5, 5.41) is 14.8. The molecule has 1 heterocycles. The first-order chi connectivity index (χ1) is 12.6. The summed E-state index contributed by atoms with van der Waals surface area (Å²) in [5.74, 6) is 1.75. The molecule has 0 radical (unpaired) electrons. The molecule has 150 valence electrons. The van der Waals surface area contributed by atoms with Gasteiger partial charge in [-0.05, 0) is 24.6 Å². The second-order valence-electron chi connectivity index (χ2n) is 6.01. The molecule has 0 fully saturated rings. The van der Waals surface area contributed by atoms with Crippen LogP contribution in [0, 0.1) is 0 Å². The van der Waals surface area contributed by atoms with Crippen molar-refractivity contribution in [3.05, 3.63) is 46.5 Å². The predicted octanol–water partition coefficient (Wildman–Crippen LogP) is 2.99. The topological polar surface area (TPSA) is 76.4 Å². The number of hydrogen-bond donors (Lipinski definition) is 2. The highest BCUT2D eigenvalue weighted by molar-refractivity contribution is 14.0. The minimum Gasteiger partial charge on any atom is -0.383 e. The van der Waals surface area contributed by atoms with Crippen LogP contribution in [0.15, 0.2) is 40.1 Å². The van der Waals surface area contributed by atoms with Crippen molar-refractivity contribution in [2.45, 2.75) is 39.4 Å². The Morgan fingerprint density at radius 2 is 2.07 bits per heavy atom. The summed E-state index contributed by atoms with van der Waals surface area (Å²) in [7, 11) is 1.70. The van der Waals surface area contributed by atoms with Crippen molar-refractivity contribution in [2.75, 3.05) is 20.3 Å². The summed E-state index contributed by atoms with van der Waals surface area (Å²) in [4.78, 5) is 4.69. The minimum atomic E-state index is 0. The number of aryl methyl sites for hydroxylation is 1. The Balaban J connectivity index is 0.00000364. The summed E-state index contributed by atoms with van der Waals surface area (Å²) in [5.41, 5.74) is 1.15. The molecule has 0 saturated carbocycles. The number of ether oxygens (including phenoxy) is 1. The Morgan fingerprint density at radius 1 is 1.33 bits per heavy atom. The van der Waals surface area contributed by atoms with E-state index in [-0.39, 0.29) is 30.0 Å². The fraction of sp³-hybridized carbons (Fsp3) is 0.500. The number of nitrogens with one attached hydrogen (secondary N) is 2. The third kappa shape index (κ3) is 8.56. The molecule has 0 bridgehead atoms. The van der Waals surface area contributed by atoms with Crippen LogP contribution in [-0.2, 0) is 24.2 Å². The van der Waals surface area contributed by atoms with E-state index in [0.717, 1.165) is 41.3 Å². The molecule has 1 aromatic heterocycles. The van der Waals surface area contributed by atoms with E-state index in [9.17, 15) is 0 Å². The van der Waals surface area contributed by atoms with Crippen molar-refractivity contribution in [1.82, 2.24) is 25.4 Å². The molecule has 0 aliphatic rings. The van der Waals surface area contributed by atoms with E-state index in [1.807, 2.05) is 12.1 Å². The van der Waals surface area contributed by atoms with E-state index in [0.29, 0.717) is 13.2 Å². The number of benzene rings is 1. The highest BCUT2D eigenvalue weighted by Gasteiger charge is 2.06. The normalized spacial score (nSPS) is 12.4. The quantitative estimate of drug-likeness (QED) is 0.285. The monoisotopic (exact) mass is 550 g/mol. The van der Waals surface area contributed by atoms with E-state index in [4.69, 9.17) is 9.73 Å². The van der Waals surface area contributed by atoms with Gasteiger partial charge in [-0.3, -0.25) is 0 Å². The van der Waals surface area contributed by atoms with Gasteiger partial charge in [-0.15, -0.1) is 34.2 Å². The van der Waals surface area contributed by atoms with Crippen molar-refractivity contribution in [1.29, 1.82) is 0 Å².